The van der Waals surface area contributed by atoms with Crippen LogP contribution in [0, 0.1) is 6.61 Å². The Balaban J connectivity index is 2.97. The molecule has 0 aromatic rings. The van der Waals surface area contributed by atoms with Crippen molar-refractivity contribution >= 4 is 17.6 Å². The van der Waals surface area contributed by atoms with Gasteiger partial charge in [0, 0.05) is 0 Å². The standard InChI is InChI=1S/C6H10ClO2/c1-2-3-4-9-6(8)5-7/h4H,2-3,5H2,1H3. The fourth-order valence-electron chi connectivity index (χ4n) is 0.301. The number of halogens is 1. The van der Waals surface area contributed by atoms with Crippen LogP contribution in [0.2, 0.25) is 0 Å². The molecule has 0 rings (SSSR count). The van der Waals surface area contributed by atoms with E-state index in [-0.39, 0.29) is 11.8 Å². The van der Waals surface area contributed by atoms with Crippen molar-refractivity contribution in [3.63, 3.8) is 0 Å². The largest absolute Gasteiger partial charge is 0.458 e. The maximum absolute atomic E-state index is 10.3. The van der Waals surface area contributed by atoms with Crippen LogP contribution >= 0.6 is 11.6 Å². The molecule has 0 aliphatic carbocycles. The van der Waals surface area contributed by atoms with E-state index >= 15 is 0 Å². The second-order valence-electron chi connectivity index (χ2n) is 1.58. The first-order valence-corrected chi connectivity index (χ1v) is 3.41. The Morgan fingerprint density at radius 1 is 1.78 bits per heavy atom. The van der Waals surface area contributed by atoms with E-state index in [1.807, 2.05) is 6.92 Å². The fraction of sp³-hybridized carbons (Fsp3) is 0.667. The van der Waals surface area contributed by atoms with E-state index in [0.717, 1.165) is 12.8 Å². The fourth-order valence-corrected chi connectivity index (χ4v) is 0.364. The first-order chi connectivity index (χ1) is 4.31. The van der Waals surface area contributed by atoms with Gasteiger partial charge in [0.2, 0.25) is 0 Å². The summed E-state index contributed by atoms with van der Waals surface area (Å²) in [5.74, 6) is -0.453. The molecule has 0 saturated carbocycles. The second-order valence-corrected chi connectivity index (χ2v) is 1.85. The predicted molar refractivity (Wildman–Crippen MR) is 36.0 cm³/mol. The number of hydrogen-bond donors (Lipinski definition) is 0. The summed E-state index contributed by atoms with van der Waals surface area (Å²) in [7, 11) is 0. The lowest BCUT2D eigenvalue weighted by molar-refractivity contribution is -0.137. The molecule has 9 heavy (non-hydrogen) atoms. The van der Waals surface area contributed by atoms with E-state index in [1.54, 1.807) is 0 Å². The summed E-state index contributed by atoms with van der Waals surface area (Å²) in [6.07, 6.45) is 1.78. The van der Waals surface area contributed by atoms with Crippen LogP contribution in [0.1, 0.15) is 19.8 Å². The van der Waals surface area contributed by atoms with Gasteiger partial charge < -0.3 is 4.74 Å². The predicted octanol–water partition coefficient (Wildman–Crippen LogP) is 1.73. The number of unbranched alkanes of at least 4 members (excludes halogenated alkanes) is 1. The third kappa shape index (κ3) is 5.63. The van der Waals surface area contributed by atoms with Gasteiger partial charge in [-0.1, -0.05) is 13.3 Å². The van der Waals surface area contributed by atoms with Crippen LogP contribution in [0.5, 0.6) is 0 Å². The van der Waals surface area contributed by atoms with E-state index in [9.17, 15) is 4.79 Å². The van der Waals surface area contributed by atoms with Gasteiger partial charge in [-0.2, -0.15) is 0 Å². The third-order valence-electron chi connectivity index (χ3n) is 0.730. The molecular formula is C6H10ClO2. The van der Waals surface area contributed by atoms with Crippen LogP contribution in [0.15, 0.2) is 0 Å². The van der Waals surface area contributed by atoms with E-state index in [1.165, 1.54) is 6.61 Å². The molecule has 0 aliphatic rings. The molecule has 0 atom stereocenters. The number of carbonyl (C=O) groups is 1. The zero-order chi connectivity index (χ0) is 7.11. The normalized spacial score (nSPS) is 9.11. The summed E-state index contributed by atoms with van der Waals surface area (Å²) in [5, 5.41) is 0. The Morgan fingerprint density at radius 3 is 2.89 bits per heavy atom. The Morgan fingerprint density at radius 2 is 2.44 bits per heavy atom. The minimum Gasteiger partial charge on any atom is -0.458 e. The van der Waals surface area contributed by atoms with Crippen molar-refractivity contribution in [2.75, 3.05) is 5.88 Å². The van der Waals surface area contributed by atoms with Crippen molar-refractivity contribution in [1.82, 2.24) is 0 Å². The third-order valence-corrected chi connectivity index (χ3v) is 0.949. The molecule has 0 aliphatic heterocycles. The zero-order valence-corrected chi connectivity index (χ0v) is 6.15. The summed E-state index contributed by atoms with van der Waals surface area (Å²) in [6.45, 7) is 3.48. The number of esters is 1. The Hall–Kier alpha value is -0.240. The highest BCUT2D eigenvalue weighted by Crippen LogP contribution is 1.94. The summed E-state index contributed by atoms with van der Waals surface area (Å²) in [6, 6.07) is 0. The maximum Gasteiger partial charge on any atom is 0.321 e. The first-order valence-electron chi connectivity index (χ1n) is 2.88. The molecule has 2 nitrogen and oxygen atoms in total. The summed E-state index contributed by atoms with van der Waals surface area (Å²) in [4.78, 5) is 10.3. The molecule has 0 bridgehead atoms. The van der Waals surface area contributed by atoms with Crippen LogP contribution < -0.4 is 0 Å². The molecule has 0 fully saturated rings. The van der Waals surface area contributed by atoms with Gasteiger partial charge in [0.15, 0.2) is 0 Å². The topological polar surface area (TPSA) is 26.3 Å². The van der Waals surface area contributed by atoms with Gasteiger partial charge in [-0.3, -0.25) is 4.79 Å². The van der Waals surface area contributed by atoms with Gasteiger partial charge in [0.05, 0.1) is 0 Å². The average molecular weight is 150 g/mol. The minimum atomic E-state index is -0.384. The number of rotatable bonds is 4. The van der Waals surface area contributed by atoms with Crippen LogP contribution in [0.4, 0.5) is 0 Å². The van der Waals surface area contributed by atoms with Gasteiger partial charge in [-0.25, -0.2) is 0 Å². The van der Waals surface area contributed by atoms with Crippen molar-refractivity contribution in [1.29, 1.82) is 0 Å². The Bertz CT molecular complexity index is 83.1. The molecule has 3 heteroatoms. The maximum atomic E-state index is 10.3. The highest BCUT2D eigenvalue weighted by Gasteiger charge is 1.96. The van der Waals surface area contributed by atoms with Crippen molar-refractivity contribution in [3.8, 4) is 0 Å². The lowest BCUT2D eigenvalue weighted by Crippen LogP contribution is -2.02. The van der Waals surface area contributed by atoms with E-state index < -0.39 is 0 Å². The first kappa shape index (κ1) is 8.76. The van der Waals surface area contributed by atoms with Gasteiger partial charge in [-0.15, -0.1) is 11.6 Å². The van der Waals surface area contributed by atoms with Crippen molar-refractivity contribution in [2.45, 2.75) is 19.8 Å². The second kappa shape index (κ2) is 5.89. The smallest absolute Gasteiger partial charge is 0.321 e. The molecule has 0 N–H and O–H groups in total. The average Bonchev–Trinajstić information content (AvgIpc) is 1.89. The summed E-state index contributed by atoms with van der Waals surface area (Å²) >= 11 is 5.14. The molecule has 0 aromatic carbocycles. The van der Waals surface area contributed by atoms with Crippen LogP contribution in [0.3, 0.4) is 0 Å². The lowest BCUT2D eigenvalue weighted by atomic mass is 10.4. The molecule has 0 spiro atoms. The summed E-state index contributed by atoms with van der Waals surface area (Å²) < 4.78 is 4.54. The lowest BCUT2D eigenvalue weighted by Gasteiger charge is -1.97. The van der Waals surface area contributed by atoms with Gasteiger partial charge >= 0.3 is 5.97 Å². The Labute approximate surface area is 60.1 Å². The van der Waals surface area contributed by atoms with E-state index in [2.05, 4.69) is 4.74 Å². The molecule has 0 heterocycles. The van der Waals surface area contributed by atoms with Crippen LogP contribution in [-0.4, -0.2) is 11.8 Å². The van der Waals surface area contributed by atoms with Crippen molar-refractivity contribution < 1.29 is 9.53 Å². The molecule has 0 aromatic heterocycles. The van der Waals surface area contributed by atoms with Crippen LogP contribution in [0.25, 0.3) is 0 Å². The van der Waals surface area contributed by atoms with Gasteiger partial charge in [-0.05, 0) is 6.42 Å². The molecule has 0 saturated heterocycles. The van der Waals surface area contributed by atoms with Crippen molar-refractivity contribution in [2.24, 2.45) is 0 Å². The molecule has 0 unspecified atom stereocenters. The summed E-state index contributed by atoms with van der Waals surface area (Å²) in [5.41, 5.74) is 0. The van der Waals surface area contributed by atoms with E-state index in [0.29, 0.717) is 0 Å². The van der Waals surface area contributed by atoms with Gasteiger partial charge in [0.25, 0.3) is 0 Å². The molecule has 0 amide bonds. The highest BCUT2D eigenvalue weighted by atomic mass is 35.5. The quantitative estimate of drug-likeness (QED) is 0.346. The number of alkyl halides is 1. The van der Waals surface area contributed by atoms with E-state index in [4.69, 9.17) is 11.6 Å². The minimum absolute atomic E-state index is 0.0692. The zero-order valence-electron chi connectivity index (χ0n) is 5.39. The molecule has 53 valence electrons. The highest BCUT2D eigenvalue weighted by molar-refractivity contribution is 6.26. The van der Waals surface area contributed by atoms with Gasteiger partial charge in [0.1, 0.15) is 12.5 Å². The SMILES string of the molecule is CCC[CH]OC(=O)CCl. The molecular weight excluding hydrogens is 140 g/mol. The van der Waals surface area contributed by atoms with Crippen molar-refractivity contribution in [3.05, 3.63) is 6.61 Å². The number of carbonyl (C=O) groups excluding carboxylic acids is 1. The monoisotopic (exact) mass is 149 g/mol. The Kier molecular flexibility index (Phi) is 5.73. The number of hydrogen-bond acceptors (Lipinski definition) is 2. The van der Waals surface area contributed by atoms with Crippen LogP contribution in [-0.2, 0) is 9.53 Å². The number of ether oxygens (including phenoxy) is 1. The molecule has 1 radical (unpaired) electrons.